The van der Waals surface area contributed by atoms with Crippen LogP contribution in [0.3, 0.4) is 0 Å². The Morgan fingerprint density at radius 2 is 2.06 bits per heavy atom. The van der Waals surface area contributed by atoms with Gasteiger partial charge in [0, 0.05) is 12.6 Å². The third-order valence-corrected chi connectivity index (χ3v) is 3.25. The van der Waals surface area contributed by atoms with Gasteiger partial charge >= 0.3 is 6.18 Å². The molecule has 0 spiro atoms. The lowest BCUT2D eigenvalue weighted by Gasteiger charge is -2.23. The standard InChI is InChI=1S/C7H14F3N3O2S/c8-7(9,10)5-12-16(14,15)13-6-2-1-3-11-4-6/h6,11-13H,1-5H2. The molecular formula is C7H14F3N3O2S. The van der Waals surface area contributed by atoms with E-state index in [1.807, 2.05) is 0 Å². The van der Waals surface area contributed by atoms with Gasteiger partial charge in [-0.2, -0.15) is 31.0 Å². The van der Waals surface area contributed by atoms with Gasteiger partial charge in [0.25, 0.3) is 10.2 Å². The normalized spacial score (nSPS) is 23.3. The van der Waals surface area contributed by atoms with Gasteiger partial charge < -0.3 is 5.32 Å². The fourth-order valence-electron chi connectivity index (χ4n) is 1.39. The minimum absolute atomic E-state index is 0.348. The van der Waals surface area contributed by atoms with Crippen LogP contribution < -0.4 is 14.8 Å². The van der Waals surface area contributed by atoms with Crippen molar-refractivity contribution >= 4 is 10.2 Å². The number of nitrogens with one attached hydrogen (secondary N) is 3. The smallest absolute Gasteiger partial charge is 0.315 e. The molecule has 16 heavy (non-hydrogen) atoms. The topological polar surface area (TPSA) is 70.2 Å². The molecule has 5 nitrogen and oxygen atoms in total. The summed E-state index contributed by atoms with van der Waals surface area (Å²) >= 11 is 0. The Labute approximate surface area is 92.0 Å². The van der Waals surface area contributed by atoms with Gasteiger partial charge in [0.05, 0.1) is 0 Å². The second-order valence-corrected chi connectivity index (χ2v) is 5.13. The summed E-state index contributed by atoms with van der Waals surface area (Å²) < 4.78 is 61.4. The molecule has 0 aliphatic carbocycles. The molecule has 96 valence electrons. The third-order valence-electron chi connectivity index (χ3n) is 2.08. The molecule has 0 saturated carbocycles. The van der Waals surface area contributed by atoms with Crippen LogP contribution >= 0.6 is 0 Å². The fourth-order valence-corrected chi connectivity index (χ4v) is 2.47. The molecule has 3 N–H and O–H groups in total. The van der Waals surface area contributed by atoms with Crippen LogP contribution in [0.4, 0.5) is 13.2 Å². The number of hydrogen-bond donors (Lipinski definition) is 3. The van der Waals surface area contributed by atoms with E-state index < -0.39 is 22.9 Å². The zero-order valence-electron chi connectivity index (χ0n) is 8.47. The molecule has 1 aliphatic rings. The highest BCUT2D eigenvalue weighted by molar-refractivity contribution is 7.87. The molecule has 1 unspecified atom stereocenters. The Bertz CT molecular complexity index is 311. The van der Waals surface area contributed by atoms with Crippen LogP contribution in [0, 0.1) is 0 Å². The van der Waals surface area contributed by atoms with Crippen LogP contribution in [0.1, 0.15) is 12.8 Å². The summed E-state index contributed by atoms with van der Waals surface area (Å²) in [5.41, 5.74) is 0. The van der Waals surface area contributed by atoms with E-state index >= 15 is 0 Å². The molecule has 1 atom stereocenters. The van der Waals surface area contributed by atoms with E-state index in [0.29, 0.717) is 13.0 Å². The molecule has 0 aromatic carbocycles. The maximum Gasteiger partial charge on any atom is 0.402 e. The maximum atomic E-state index is 11.8. The van der Waals surface area contributed by atoms with Gasteiger partial charge in [0.1, 0.15) is 6.54 Å². The summed E-state index contributed by atoms with van der Waals surface area (Å²) in [5, 5.41) is 2.95. The van der Waals surface area contributed by atoms with E-state index in [1.165, 1.54) is 4.72 Å². The second-order valence-electron chi connectivity index (χ2n) is 3.60. The van der Waals surface area contributed by atoms with Gasteiger partial charge in [-0.05, 0) is 19.4 Å². The largest absolute Gasteiger partial charge is 0.402 e. The molecule has 1 fully saturated rings. The summed E-state index contributed by atoms with van der Waals surface area (Å²) in [7, 11) is -4.07. The van der Waals surface area contributed by atoms with E-state index in [2.05, 4.69) is 10.0 Å². The number of alkyl halides is 3. The van der Waals surface area contributed by atoms with Crippen molar-refractivity contribution in [3.63, 3.8) is 0 Å². The zero-order chi connectivity index (χ0) is 12.2. The van der Waals surface area contributed by atoms with Crippen LogP contribution in [0.5, 0.6) is 0 Å². The SMILES string of the molecule is O=S(=O)(NCC(F)(F)F)NC1CCCNC1. The van der Waals surface area contributed by atoms with Gasteiger partial charge in [-0.3, -0.25) is 0 Å². The third kappa shape index (κ3) is 5.64. The first-order valence-electron chi connectivity index (χ1n) is 4.83. The molecule has 1 aliphatic heterocycles. The summed E-state index contributed by atoms with van der Waals surface area (Å²) in [6, 6.07) is -0.348. The number of piperidine rings is 1. The van der Waals surface area contributed by atoms with E-state index in [1.54, 1.807) is 0 Å². The van der Waals surface area contributed by atoms with Crippen LogP contribution in [-0.2, 0) is 10.2 Å². The summed E-state index contributed by atoms with van der Waals surface area (Å²) in [6.45, 7) is -0.316. The summed E-state index contributed by atoms with van der Waals surface area (Å²) in [4.78, 5) is 0. The Morgan fingerprint density at radius 3 is 2.56 bits per heavy atom. The average Bonchev–Trinajstić information content (AvgIpc) is 2.15. The number of rotatable bonds is 4. The van der Waals surface area contributed by atoms with Gasteiger partial charge in [-0.25, -0.2) is 0 Å². The van der Waals surface area contributed by atoms with Gasteiger partial charge in [-0.15, -0.1) is 0 Å². The molecule has 1 saturated heterocycles. The highest BCUT2D eigenvalue weighted by Gasteiger charge is 2.30. The van der Waals surface area contributed by atoms with Crippen molar-refractivity contribution in [3.8, 4) is 0 Å². The minimum atomic E-state index is -4.54. The van der Waals surface area contributed by atoms with Crippen LogP contribution in [-0.4, -0.2) is 40.3 Å². The van der Waals surface area contributed by atoms with Gasteiger partial charge in [0.2, 0.25) is 0 Å². The summed E-state index contributed by atoms with van der Waals surface area (Å²) in [6.07, 6.45) is -3.12. The van der Waals surface area contributed by atoms with Crippen molar-refractivity contribution in [2.75, 3.05) is 19.6 Å². The van der Waals surface area contributed by atoms with E-state index in [0.717, 1.165) is 13.0 Å². The van der Waals surface area contributed by atoms with Crippen molar-refractivity contribution in [1.82, 2.24) is 14.8 Å². The van der Waals surface area contributed by atoms with Crippen molar-refractivity contribution in [2.24, 2.45) is 0 Å². The lowest BCUT2D eigenvalue weighted by Crippen LogP contribution is -2.50. The van der Waals surface area contributed by atoms with E-state index in [9.17, 15) is 21.6 Å². The molecule has 0 amide bonds. The predicted molar refractivity (Wildman–Crippen MR) is 52.0 cm³/mol. The molecule has 0 bridgehead atoms. The first-order chi connectivity index (χ1) is 7.29. The molecule has 0 aromatic heterocycles. The molecule has 0 radical (unpaired) electrons. The molecule has 1 rings (SSSR count). The number of halogens is 3. The van der Waals surface area contributed by atoms with Crippen molar-refractivity contribution in [2.45, 2.75) is 25.1 Å². The first kappa shape index (κ1) is 13.7. The van der Waals surface area contributed by atoms with Gasteiger partial charge in [0.15, 0.2) is 0 Å². The minimum Gasteiger partial charge on any atom is -0.315 e. The monoisotopic (exact) mass is 261 g/mol. The second kappa shape index (κ2) is 5.30. The van der Waals surface area contributed by atoms with Crippen LogP contribution in [0.15, 0.2) is 0 Å². The number of hydrogen-bond acceptors (Lipinski definition) is 3. The highest BCUT2D eigenvalue weighted by Crippen LogP contribution is 2.12. The average molecular weight is 261 g/mol. The fraction of sp³-hybridized carbons (Fsp3) is 1.00. The first-order valence-corrected chi connectivity index (χ1v) is 6.31. The molecular weight excluding hydrogens is 247 g/mol. The molecule has 1 heterocycles. The summed E-state index contributed by atoms with van der Waals surface area (Å²) in [5.74, 6) is 0. The van der Waals surface area contributed by atoms with E-state index in [-0.39, 0.29) is 6.04 Å². The highest BCUT2D eigenvalue weighted by atomic mass is 32.2. The Kier molecular flexibility index (Phi) is 4.53. The van der Waals surface area contributed by atoms with E-state index in [4.69, 9.17) is 0 Å². The van der Waals surface area contributed by atoms with Gasteiger partial charge in [-0.1, -0.05) is 0 Å². The Balaban J connectivity index is 2.38. The van der Waals surface area contributed by atoms with Crippen LogP contribution in [0.25, 0.3) is 0 Å². The van der Waals surface area contributed by atoms with Crippen molar-refractivity contribution in [1.29, 1.82) is 0 Å². The lowest BCUT2D eigenvalue weighted by molar-refractivity contribution is -0.121. The Hall–Kier alpha value is -0.380. The predicted octanol–water partition coefficient (Wildman–Crippen LogP) is -0.275. The Morgan fingerprint density at radius 1 is 1.38 bits per heavy atom. The zero-order valence-corrected chi connectivity index (χ0v) is 9.29. The molecule has 0 aromatic rings. The maximum absolute atomic E-state index is 11.8. The van der Waals surface area contributed by atoms with Crippen molar-refractivity contribution < 1.29 is 21.6 Å². The molecule has 9 heteroatoms. The van der Waals surface area contributed by atoms with Crippen LogP contribution in [0.2, 0.25) is 0 Å². The quantitative estimate of drug-likeness (QED) is 0.652. The van der Waals surface area contributed by atoms with Crippen molar-refractivity contribution in [3.05, 3.63) is 0 Å². The lowest BCUT2D eigenvalue weighted by atomic mass is 10.1.